The number of fused-ring (bicyclic) bond motifs is 2. The minimum atomic E-state index is -4.65. The van der Waals surface area contributed by atoms with Crippen LogP contribution in [0, 0.1) is 11.2 Å². The highest BCUT2D eigenvalue weighted by Gasteiger charge is 2.32. The summed E-state index contributed by atoms with van der Waals surface area (Å²) in [5.74, 6) is -0.976. The summed E-state index contributed by atoms with van der Waals surface area (Å²) in [6.07, 6.45) is -12.2. The molecule has 0 aliphatic carbocycles. The Bertz CT molecular complexity index is 1250. The number of rotatable bonds is 3. The Morgan fingerprint density at radius 2 is 1.41 bits per heavy atom. The zero-order chi connectivity index (χ0) is 23.4. The van der Waals surface area contributed by atoms with E-state index < -0.39 is 31.0 Å². The molecular formula is C22H14F7N3. The van der Waals surface area contributed by atoms with Gasteiger partial charge in [0.2, 0.25) is 0 Å². The average molecular weight is 453 g/mol. The fraction of sp³-hybridized carbons (Fsp3) is 0.182. The maximum Gasteiger partial charge on any atom is 0.393 e. The first-order valence-electron chi connectivity index (χ1n) is 9.27. The second-order valence-electron chi connectivity index (χ2n) is 7.51. The van der Waals surface area contributed by atoms with E-state index in [1.165, 1.54) is 12.1 Å². The molecule has 4 rings (SSSR count). The summed E-state index contributed by atoms with van der Waals surface area (Å²) >= 11 is 0. The molecule has 10 heteroatoms. The molecule has 3 aromatic rings. The van der Waals surface area contributed by atoms with Crippen molar-refractivity contribution < 1.29 is 30.7 Å². The molecule has 0 saturated heterocycles. The number of aliphatic imine (C=N–C) groups is 1. The Morgan fingerprint density at radius 1 is 0.812 bits per heavy atom. The van der Waals surface area contributed by atoms with Crippen LogP contribution in [0.5, 0.6) is 0 Å². The van der Waals surface area contributed by atoms with Gasteiger partial charge < -0.3 is 5.73 Å². The molecule has 0 aromatic heterocycles. The molecule has 0 fully saturated rings. The van der Waals surface area contributed by atoms with Gasteiger partial charge in [0.1, 0.15) is 11.7 Å². The van der Waals surface area contributed by atoms with Crippen molar-refractivity contribution in [3.8, 4) is 11.1 Å². The number of benzene rings is 3. The molecule has 1 aliphatic heterocycles. The Morgan fingerprint density at radius 3 is 1.97 bits per heavy atom. The lowest BCUT2D eigenvalue weighted by molar-refractivity contribution is -0.127. The highest BCUT2D eigenvalue weighted by molar-refractivity contribution is 6.26. The van der Waals surface area contributed by atoms with Crippen LogP contribution >= 0.6 is 0 Å². The number of hydrogen-bond donors (Lipinski definition) is 2. The first-order valence-corrected chi connectivity index (χ1v) is 9.27. The highest BCUT2D eigenvalue weighted by Crippen LogP contribution is 2.39. The van der Waals surface area contributed by atoms with Gasteiger partial charge >= 0.3 is 12.4 Å². The molecule has 1 aliphatic rings. The Kier molecular flexibility index (Phi) is 4.98. The zero-order valence-corrected chi connectivity index (χ0v) is 16.1. The van der Waals surface area contributed by atoms with Crippen LogP contribution in [0.3, 0.4) is 0 Å². The predicted molar refractivity (Wildman–Crippen MR) is 106 cm³/mol. The maximum atomic E-state index is 14.1. The van der Waals surface area contributed by atoms with Gasteiger partial charge in [0, 0.05) is 16.7 Å². The van der Waals surface area contributed by atoms with Gasteiger partial charge in [-0.05, 0) is 45.7 Å². The standard InChI is InChI=1S/C22H14F7N3/c23-14-2-1-12-6-16-18(20(31)32-19(16)30)17(15(12)7-14)13-4-10(8-21(24,25)26)3-11(5-13)9-22(27,28)29/h1-7H,8-9H2,(H3,30,31,32). The fourth-order valence-electron chi connectivity index (χ4n) is 3.93. The molecule has 166 valence electrons. The lowest BCUT2D eigenvalue weighted by Gasteiger charge is -2.17. The summed E-state index contributed by atoms with van der Waals surface area (Å²) in [5.41, 5.74) is 5.65. The van der Waals surface area contributed by atoms with Crippen molar-refractivity contribution in [3.63, 3.8) is 0 Å². The minimum Gasteiger partial charge on any atom is -0.383 e. The number of amidine groups is 2. The smallest absolute Gasteiger partial charge is 0.383 e. The Labute approximate surface area is 176 Å². The third-order valence-corrected chi connectivity index (χ3v) is 5.00. The molecular weight excluding hydrogens is 439 g/mol. The van der Waals surface area contributed by atoms with Gasteiger partial charge in [0.05, 0.1) is 12.8 Å². The minimum absolute atomic E-state index is 0.00639. The van der Waals surface area contributed by atoms with Crippen LogP contribution < -0.4 is 5.73 Å². The van der Waals surface area contributed by atoms with Crippen molar-refractivity contribution in [2.45, 2.75) is 25.2 Å². The molecule has 0 bridgehead atoms. The molecule has 0 saturated carbocycles. The summed E-state index contributed by atoms with van der Waals surface area (Å²) < 4.78 is 92.3. The summed E-state index contributed by atoms with van der Waals surface area (Å²) in [4.78, 5) is 3.88. The monoisotopic (exact) mass is 453 g/mol. The third kappa shape index (κ3) is 4.30. The molecule has 0 unspecified atom stereocenters. The van der Waals surface area contributed by atoms with Gasteiger partial charge in [-0.15, -0.1) is 0 Å². The van der Waals surface area contributed by atoms with Gasteiger partial charge in [-0.25, -0.2) is 9.38 Å². The summed E-state index contributed by atoms with van der Waals surface area (Å²) in [6, 6.07) is 8.33. The number of nitrogens with one attached hydrogen (secondary N) is 1. The zero-order valence-electron chi connectivity index (χ0n) is 16.1. The summed E-state index contributed by atoms with van der Waals surface area (Å²) in [5, 5.41) is 8.83. The van der Waals surface area contributed by atoms with Crippen molar-refractivity contribution in [2.75, 3.05) is 0 Å². The van der Waals surface area contributed by atoms with Gasteiger partial charge in [-0.2, -0.15) is 26.3 Å². The van der Waals surface area contributed by atoms with E-state index in [0.717, 1.165) is 24.3 Å². The van der Waals surface area contributed by atoms with Crippen LogP contribution in [-0.4, -0.2) is 24.0 Å². The molecule has 3 nitrogen and oxygen atoms in total. The summed E-state index contributed by atoms with van der Waals surface area (Å²) in [6.45, 7) is 0. The van der Waals surface area contributed by atoms with Gasteiger partial charge in [0.15, 0.2) is 5.84 Å². The van der Waals surface area contributed by atoms with Crippen LogP contribution in [0.1, 0.15) is 22.3 Å². The largest absolute Gasteiger partial charge is 0.393 e. The number of alkyl halides is 6. The number of nitrogens with two attached hydrogens (primary N) is 1. The van der Waals surface area contributed by atoms with E-state index in [4.69, 9.17) is 11.1 Å². The number of nitrogens with zero attached hydrogens (tertiary/aromatic N) is 1. The molecule has 32 heavy (non-hydrogen) atoms. The fourth-order valence-corrected chi connectivity index (χ4v) is 3.93. The second-order valence-corrected chi connectivity index (χ2v) is 7.51. The van der Waals surface area contributed by atoms with Crippen LogP contribution in [0.2, 0.25) is 0 Å². The van der Waals surface area contributed by atoms with E-state index in [1.54, 1.807) is 6.07 Å². The van der Waals surface area contributed by atoms with Crippen LogP contribution in [-0.2, 0) is 12.8 Å². The molecule has 3 aromatic carbocycles. The lowest BCUT2D eigenvalue weighted by Crippen LogP contribution is -2.14. The molecule has 3 N–H and O–H groups in total. The predicted octanol–water partition coefficient (Wildman–Crippen LogP) is 5.90. The normalized spacial score (nSPS) is 14.1. The molecule has 0 amide bonds. The van der Waals surface area contributed by atoms with Crippen molar-refractivity contribution in [3.05, 3.63) is 70.5 Å². The Hall–Kier alpha value is -3.43. The third-order valence-electron chi connectivity index (χ3n) is 5.00. The summed E-state index contributed by atoms with van der Waals surface area (Å²) in [7, 11) is 0. The quantitative estimate of drug-likeness (QED) is 0.477. The van der Waals surface area contributed by atoms with E-state index in [9.17, 15) is 30.7 Å². The van der Waals surface area contributed by atoms with Crippen LogP contribution in [0.25, 0.3) is 21.9 Å². The van der Waals surface area contributed by atoms with Crippen molar-refractivity contribution in [2.24, 2.45) is 10.7 Å². The Balaban J connectivity index is 2.04. The first kappa shape index (κ1) is 21.8. The van der Waals surface area contributed by atoms with E-state index in [1.807, 2.05) is 0 Å². The van der Waals surface area contributed by atoms with Crippen LogP contribution in [0.15, 0.2) is 47.5 Å². The maximum absolute atomic E-state index is 14.1. The molecule has 0 radical (unpaired) electrons. The molecule has 1 heterocycles. The SMILES string of the molecule is N=C1N=C(N)c2cc3ccc(F)cc3c(-c3cc(CC(F)(F)F)cc(CC(F)(F)F)c3)c21. The number of halogens is 7. The topological polar surface area (TPSA) is 62.2 Å². The van der Waals surface area contributed by atoms with E-state index in [2.05, 4.69) is 4.99 Å². The van der Waals surface area contributed by atoms with Crippen molar-refractivity contribution in [1.29, 1.82) is 5.41 Å². The van der Waals surface area contributed by atoms with Gasteiger partial charge in [-0.3, -0.25) is 5.41 Å². The van der Waals surface area contributed by atoms with Gasteiger partial charge in [0.25, 0.3) is 0 Å². The van der Waals surface area contributed by atoms with Crippen molar-refractivity contribution >= 4 is 22.4 Å². The van der Waals surface area contributed by atoms with E-state index in [0.29, 0.717) is 10.9 Å². The lowest BCUT2D eigenvalue weighted by atomic mass is 9.87. The number of hydrogen-bond acceptors (Lipinski definition) is 2. The van der Waals surface area contributed by atoms with Crippen LogP contribution in [0.4, 0.5) is 30.7 Å². The highest BCUT2D eigenvalue weighted by atomic mass is 19.4. The van der Waals surface area contributed by atoms with E-state index >= 15 is 0 Å². The van der Waals surface area contributed by atoms with Crippen molar-refractivity contribution in [1.82, 2.24) is 0 Å². The second kappa shape index (κ2) is 7.32. The molecule has 0 atom stereocenters. The average Bonchev–Trinajstić information content (AvgIpc) is 2.90. The van der Waals surface area contributed by atoms with E-state index in [-0.39, 0.29) is 44.9 Å². The molecule has 0 spiro atoms. The van der Waals surface area contributed by atoms with Gasteiger partial charge in [-0.1, -0.05) is 24.3 Å². The first-order chi connectivity index (χ1) is 14.8.